The fourth-order valence-corrected chi connectivity index (χ4v) is 2.15. The molecule has 1 heterocycles. The monoisotopic (exact) mass is 224 g/mol. The van der Waals surface area contributed by atoms with Gasteiger partial charge in [-0.1, -0.05) is 19.4 Å². The van der Waals surface area contributed by atoms with Crippen LogP contribution in [-0.4, -0.2) is 11.0 Å². The van der Waals surface area contributed by atoms with Gasteiger partial charge in [-0.2, -0.15) is 0 Å². The lowest BCUT2D eigenvalue weighted by Crippen LogP contribution is -2.28. The Hall–Kier alpha value is -0.670. The van der Waals surface area contributed by atoms with Crippen molar-refractivity contribution >= 4 is 11.3 Å². The summed E-state index contributed by atoms with van der Waals surface area (Å²) in [5, 5.41) is 5.65. The zero-order valence-electron chi connectivity index (χ0n) is 9.41. The van der Waals surface area contributed by atoms with Crippen molar-refractivity contribution in [3.8, 4) is 0 Å². The van der Waals surface area contributed by atoms with Crippen LogP contribution in [0.15, 0.2) is 23.5 Å². The SMILES string of the molecule is C=CCCC(CCC)NCc1cscn1. The summed E-state index contributed by atoms with van der Waals surface area (Å²) in [6.07, 6.45) is 6.73. The Balaban J connectivity index is 2.27. The van der Waals surface area contributed by atoms with Gasteiger partial charge in [-0.3, -0.25) is 0 Å². The minimum absolute atomic E-state index is 0.606. The molecule has 84 valence electrons. The van der Waals surface area contributed by atoms with Crippen LogP contribution < -0.4 is 5.32 Å². The van der Waals surface area contributed by atoms with Gasteiger partial charge in [0.15, 0.2) is 0 Å². The number of allylic oxidation sites excluding steroid dienone is 1. The van der Waals surface area contributed by atoms with E-state index in [-0.39, 0.29) is 0 Å². The summed E-state index contributed by atoms with van der Waals surface area (Å²) in [5.74, 6) is 0. The van der Waals surface area contributed by atoms with Crippen molar-refractivity contribution in [1.29, 1.82) is 0 Å². The van der Waals surface area contributed by atoms with E-state index in [1.165, 1.54) is 19.3 Å². The number of hydrogen-bond acceptors (Lipinski definition) is 3. The lowest BCUT2D eigenvalue weighted by atomic mass is 10.1. The van der Waals surface area contributed by atoms with Gasteiger partial charge in [-0.25, -0.2) is 4.98 Å². The molecule has 0 amide bonds. The largest absolute Gasteiger partial charge is 0.308 e. The molecular weight excluding hydrogens is 204 g/mol. The Labute approximate surface area is 96.4 Å². The topological polar surface area (TPSA) is 24.9 Å². The number of thiazole rings is 1. The molecule has 15 heavy (non-hydrogen) atoms. The lowest BCUT2D eigenvalue weighted by molar-refractivity contribution is 0.448. The second-order valence-corrected chi connectivity index (χ2v) is 4.43. The quantitative estimate of drug-likeness (QED) is 0.685. The van der Waals surface area contributed by atoms with Gasteiger partial charge in [-0.15, -0.1) is 17.9 Å². The Morgan fingerprint density at radius 1 is 1.60 bits per heavy atom. The van der Waals surface area contributed by atoms with Gasteiger partial charge in [0.05, 0.1) is 11.2 Å². The summed E-state index contributed by atoms with van der Waals surface area (Å²) in [6.45, 7) is 6.89. The van der Waals surface area contributed by atoms with Crippen molar-refractivity contribution in [2.45, 2.75) is 45.2 Å². The molecule has 1 N–H and O–H groups in total. The molecule has 0 bridgehead atoms. The molecule has 1 atom stereocenters. The first-order valence-electron chi connectivity index (χ1n) is 5.58. The van der Waals surface area contributed by atoms with E-state index in [1.807, 2.05) is 11.6 Å². The first-order chi connectivity index (χ1) is 7.36. The summed E-state index contributed by atoms with van der Waals surface area (Å²) in [4.78, 5) is 4.26. The maximum absolute atomic E-state index is 4.26. The van der Waals surface area contributed by atoms with Crippen molar-refractivity contribution in [2.24, 2.45) is 0 Å². The average Bonchev–Trinajstić information content (AvgIpc) is 2.75. The molecular formula is C12H20N2S. The van der Waals surface area contributed by atoms with E-state index in [0.29, 0.717) is 6.04 Å². The van der Waals surface area contributed by atoms with Gasteiger partial charge in [0.2, 0.25) is 0 Å². The standard InChI is InChI=1S/C12H20N2S/c1-3-5-7-11(6-4-2)13-8-12-9-15-10-14-12/h3,9-11,13H,1,4-8H2,2H3. The van der Waals surface area contributed by atoms with Gasteiger partial charge < -0.3 is 5.32 Å². The van der Waals surface area contributed by atoms with Crippen molar-refractivity contribution in [1.82, 2.24) is 10.3 Å². The second kappa shape index (κ2) is 7.60. The van der Waals surface area contributed by atoms with Crippen LogP contribution in [0.3, 0.4) is 0 Å². The zero-order chi connectivity index (χ0) is 10.9. The first-order valence-corrected chi connectivity index (χ1v) is 6.52. The highest BCUT2D eigenvalue weighted by Gasteiger charge is 2.06. The maximum Gasteiger partial charge on any atom is 0.0795 e. The molecule has 0 saturated heterocycles. The normalized spacial score (nSPS) is 12.6. The molecule has 1 unspecified atom stereocenters. The molecule has 2 nitrogen and oxygen atoms in total. The van der Waals surface area contributed by atoms with Crippen LogP contribution in [0.1, 0.15) is 38.3 Å². The Kier molecular flexibility index (Phi) is 6.28. The van der Waals surface area contributed by atoms with Crippen LogP contribution in [0, 0.1) is 0 Å². The molecule has 0 fully saturated rings. The van der Waals surface area contributed by atoms with Crippen LogP contribution in [-0.2, 0) is 6.54 Å². The Morgan fingerprint density at radius 2 is 2.47 bits per heavy atom. The molecule has 3 heteroatoms. The van der Waals surface area contributed by atoms with Crippen LogP contribution in [0.25, 0.3) is 0 Å². The van der Waals surface area contributed by atoms with Crippen LogP contribution in [0.5, 0.6) is 0 Å². The minimum Gasteiger partial charge on any atom is -0.308 e. The third-order valence-corrected chi connectivity index (χ3v) is 3.05. The summed E-state index contributed by atoms with van der Waals surface area (Å²) in [6, 6.07) is 0.606. The van der Waals surface area contributed by atoms with E-state index in [0.717, 1.165) is 18.7 Å². The van der Waals surface area contributed by atoms with Crippen molar-refractivity contribution in [2.75, 3.05) is 0 Å². The number of nitrogens with one attached hydrogen (secondary N) is 1. The number of nitrogens with zero attached hydrogens (tertiary/aromatic N) is 1. The van der Waals surface area contributed by atoms with Gasteiger partial charge in [0.25, 0.3) is 0 Å². The third-order valence-electron chi connectivity index (χ3n) is 2.41. The Morgan fingerprint density at radius 3 is 3.07 bits per heavy atom. The van der Waals surface area contributed by atoms with E-state index < -0.39 is 0 Å². The maximum atomic E-state index is 4.26. The van der Waals surface area contributed by atoms with Gasteiger partial charge in [0.1, 0.15) is 0 Å². The highest BCUT2D eigenvalue weighted by molar-refractivity contribution is 7.07. The van der Waals surface area contributed by atoms with Gasteiger partial charge >= 0.3 is 0 Å². The molecule has 0 aromatic carbocycles. The summed E-state index contributed by atoms with van der Waals surface area (Å²) >= 11 is 1.66. The molecule has 0 aliphatic heterocycles. The molecule has 1 rings (SSSR count). The molecule has 0 aliphatic carbocycles. The van der Waals surface area contributed by atoms with Crippen molar-refractivity contribution in [3.05, 3.63) is 29.2 Å². The average molecular weight is 224 g/mol. The molecule has 0 saturated carbocycles. The van der Waals surface area contributed by atoms with E-state index in [4.69, 9.17) is 0 Å². The second-order valence-electron chi connectivity index (χ2n) is 3.71. The van der Waals surface area contributed by atoms with Crippen molar-refractivity contribution < 1.29 is 0 Å². The predicted octanol–water partition coefficient (Wildman–Crippen LogP) is 3.37. The van der Waals surface area contributed by atoms with Gasteiger partial charge in [-0.05, 0) is 19.3 Å². The van der Waals surface area contributed by atoms with E-state index in [1.54, 1.807) is 11.3 Å². The summed E-state index contributed by atoms with van der Waals surface area (Å²) < 4.78 is 0. The van der Waals surface area contributed by atoms with Crippen molar-refractivity contribution in [3.63, 3.8) is 0 Å². The predicted molar refractivity (Wildman–Crippen MR) is 67.1 cm³/mol. The van der Waals surface area contributed by atoms with Crippen LogP contribution in [0.4, 0.5) is 0 Å². The summed E-state index contributed by atoms with van der Waals surface area (Å²) in [5.41, 5.74) is 3.04. The van der Waals surface area contributed by atoms with E-state index >= 15 is 0 Å². The molecule has 0 radical (unpaired) electrons. The number of aromatic nitrogens is 1. The fraction of sp³-hybridized carbons (Fsp3) is 0.583. The Bertz CT molecular complexity index is 257. The fourth-order valence-electron chi connectivity index (χ4n) is 1.59. The zero-order valence-corrected chi connectivity index (χ0v) is 10.2. The molecule has 0 aliphatic rings. The minimum atomic E-state index is 0.606. The third kappa shape index (κ3) is 5.09. The molecule has 1 aromatic rings. The first kappa shape index (κ1) is 12.4. The number of rotatable bonds is 8. The molecule has 1 aromatic heterocycles. The van der Waals surface area contributed by atoms with E-state index in [9.17, 15) is 0 Å². The highest BCUT2D eigenvalue weighted by atomic mass is 32.1. The van der Waals surface area contributed by atoms with Crippen LogP contribution in [0.2, 0.25) is 0 Å². The smallest absolute Gasteiger partial charge is 0.0795 e. The molecule has 0 spiro atoms. The van der Waals surface area contributed by atoms with E-state index in [2.05, 4.69) is 29.2 Å². The summed E-state index contributed by atoms with van der Waals surface area (Å²) in [7, 11) is 0. The number of hydrogen-bond donors (Lipinski definition) is 1. The van der Waals surface area contributed by atoms with Crippen LogP contribution >= 0.6 is 11.3 Å². The lowest BCUT2D eigenvalue weighted by Gasteiger charge is -2.16. The van der Waals surface area contributed by atoms with Gasteiger partial charge in [0, 0.05) is 18.0 Å². The highest BCUT2D eigenvalue weighted by Crippen LogP contribution is 2.07.